The number of aryl methyl sites for hydroxylation is 1. The van der Waals surface area contributed by atoms with Gasteiger partial charge in [-0.3, -0.25) is 0 Å². The Morgan fingerprint density at radius 1 is 1.24 bits per heavy atom. The predicted octanol–water partition coefficient (Wildman–Crippen LogP) is 3.20. The van der Waals surface area contributed by atoms with Crippen LogP contribution in [0.2, 0.25) is 0 Å². The van der Waals surface area contributed by atoms with E-state index < -0.39 is 0 Å². The Balaban J connectivity index is 2.43. The quantitative estimate of drug-likeness (QED) is 0.785. The van der Waals surface area contributed by atoms with Crippen LogP contribution in [-0.4, -0.2) is 19.6 Å². The zero-order chi connectivity index (χ0) is 12.7. The van der Waals surface area contributed by atoms with E-state index in [2.05, 4.69) is 50.1 Å². The summed E-state index contributed by atoms with van der Waals surface area (Å²) in [4.78, 5) is 2.30. The molecule has 0 fully saturated rings. The highest BCUT2D eigenvalue weighted by molar-refractivity contribution is 5.46. The van der Waals surface area contributed by atoms with Gasteiger partial charge in [0.25, 0.3) is 0 Å². The van der Waals surface area contributed by atoms with Crippen molar-refractivity contribution in [1.29, 1.82) is 0 Å². The van der Waals surface area contributed by atoms with Crippen LogP contribution >= 0.6 is 0 Å². The highest BCUT2D eigenvalue weighted by Gasteiger charge is 2.01. The van der Waals surface area contributed by atoms with E-state index in [0.717, 1.165) is 19.4 Å². The zero-order valence-electron chi connectivity index (χ0n) is 11.4. The molecule has 0 saturated carbocycles. The lowest BCUT2D eigenvalue weighted by Gasteiger charge is -2.20. The summed E-state index contributed by atoms with van der Waals surface area (Å²) in [7, 11) is 2.15. The van der Waals surface area contributed by atoms with Crippen molar-refractivity contribution >= 4 is 5.69 Å². The first-order valence-corrected chi connectivity index (χ1v) is 6.69. The summed E-state index contributed by atoms with van der Waals surface area (Å²) < 4.78 is 0. The second-order valence-corrected chi connectivity index (χ2v) is 4.96. The normalized spacial score (nSPS) is 12.5. The van der Waals surface area contributed by atoms with Gasteiger partial charge in [-0.15, -0.1) is 0 Å². The first-order valence-electron chi connectivity index (χ1n) is 6.69. The lowest BCUT2D eigenvalue weighted by molar-refractivity contribution is 0.621. The maximum atomic E-state index is 5.75. The Hall–Kier alpha value is -1.02. The SMILES string of the molecule is CCCc1ccc(N(C)CCCC(C)N)cc1. The molecule has 0 aromatic heterocycles. The minimum Gasteiger partial charge on any atom is -0.375 e. The van der Waals surface area contributed by atoms with Crippen LogP contribution in [0.15, 0.2) is 24.3 Å². The molecule has 1 rings (SSSR count). The molecule has 1 unspecified atom stereocenters. The summed E-state index contributed by atoms with van der Waals surface area (Å²) in [6.45, 7) is 5.36. The minimum absolute atomic E-state index is 0.315. The van der Waals surface area contributed by atoms with Crippen LogP contribution < -0.4 is 10.6 Å². The van der Waals surface area contributed by atoms with Crippen molar-refractivity contribution in [3.05, 3.63) is 29.8 Å². The fourth-order valence-electron chi connectivity index (χ4n) is 1.99. The van der Waals surface area contributed by atoms with Gasteiger partial charge in [-0.25, -0.2) is 0 Å². The Bertz CT molecular complexity index is 303. The first-order chi connectivity index (χ1) is 8.13. The highest BCUT2D eigenvalue weighted by Crippen LogP contribution is 2.15. The van der Waals surface area contributed by atoms with Crippen LogP contribution in [0, 0.1) is 0 Å². The van der Waals surface area contributed by atoms with E-state index >= 15 is 0 Å². The van der Waals surface area contributed by atoms with Gasteiger partial charge in [0.1, 0.15) is 0 Å². The van der Waals surface area contributed by atoms with Crippen molar-refractivity contribution in [2.24, 2.45) is 5.73 Å². The number of rotatable bonds is 7. The fourth-order valence-corrected chi connectivity index (χ4v) is 1.99. The lowest BCUT2D eigenvalue weighted by Crippen LogP contribution is -2.22. The van der Waals surface area contributed by atoms with Gasteiger partial charge < -0.3 is 10.6 Å². The van der Waals surface area contributed by atoms with Crippen LogP contribution in [-0.2, 0) is 6.42 Å². The van der Waals surface area contributed by atoms with E-state index in [4.69, 9.17) is 5.73 Å². The average Bonchev–Trinajstić information content (AvgIpc) is 2.30. The molecule has 96 valence electrons. The number of hydrogen-bond acceptors (Lipinski definition) is 2. The van der Waals surface area contributed by atoms with Crippen LogP contribution in [0.1, 0.15) is 38.7 Å². The number of nitrogens with two attached hydrogens (primary N) is 1. The smallest absolute Gasteiger partial charge is 0.0363 e. The van der Waals surface area contributed by atoms with E-state index in [9.17, 15) is 0 Å². The molecule has 0 aliphatic carbocycles. The molecule has 17 heavy (non-hydrogen) atoms. The first kappa shape index (κ1) is 14.0. The van der Waals surface area contributed by atoms with E-state index in [1.54, 1.807) is 0 Å². The molecule has 1 atom stereocenters. The molecule has 1 aromatic rings. The minimum atomic E-state index is 0.315. The molecule has 0 bridgehead atoms. The number of nitrogens with zero attached hydrogens (tertiary/aromatic N) is 1. The Kier molecular flexibility index (Phi) is 6.06. The van der Waals surface area contributed by atoms with Crippen molar-refractivity contribution in [3.63, 3.8) is 0 Å². The second-order valence-electron chi connectivity index (χ2n) is 4.96. The molecule has 0 aliphatic heterocycles. The lowest BCUT2D eigenvalue weighted by atomic mass is 10.1. The van der Waals surface area contributed by atoms with Gasteiger partial charge >= 0.3 is 0 Å². The Morgan fingerprint density at radius 2 is 1.88 bits per heavy atom. The van der Waals surface area contributed by atoms with Crippen LogP contribution in [0.4, 0.5) is 5.69 Å². The summed E-state index contributed by atoms with van der Waals surface area (Å²) in [5, 5.41) is 0. The molecule has 2 nitrogen and oxygen atoms in total. The predicted molar refractivity (Wildman–Crippen MR) is 76.6 cm³/mol. The van der Waals surface area contributed by atoms with Gasteiger partial charge in [0.15, 0.2) is 0 Å². The van der Waals surface area contributed by atoms with Crippen LogP contribution in [0.3, 0.4) is 0 Å². The summed E-state index contributed by atoms with van der Waals surface area (Å²) in [6.07, 6.45) is 4.64. The standard InChI is InChI=1S/C15H26N2/c1-4-6-14-8-10-15(11-9-14)17(3)12-5-7-13(2)16/h8-11,13H,4-7,12,16H2,1-3H3. The number of benzene rings is 1. The maximum absolute atomic E-state index is 5.75. The van der Waals surface area contributed by atoms with Crippen molar-refractivity contribution in [1.82, 2.24) is 0 Å². The molecule has 1 aromatic carbocycles. The third kappa shape index (κ3) is 5.22. The molecule has 2 heteroatoms. The second kappa shape index (κ2) is 7.33. The topological polar surface area (TPSA) is 29.3 Å². The Morgan fingerprint density at radius 3 is 2.41 bits per heavy atom. The molecular formula is C15H26N2. The highest BCUT2D eigenvalue weighted by atomic mass is 15.1. The van der Waals surface area contributed by atoms with Crippen molar-refractivity contribution < 1.29 is 0 Å². The molecule has 0 saturated heterocycles. The third-order valence-corrected chi connectivity index (χ3v) is 3.07. The van der Waals surface area contributed by atoms with Crippen molar-refractivity contribution in [2.75, 3.05) is 18.5 Å². The molecule has 0 radical (unpaired) electrons. The molecule has 0 aliphatic rings. The average molecular weight is 234 g/mol. The number of anilines is 1. The zero-order valence-corrected chi connectivity index (χ0v) is 11.4. The monoisotopic (exact) mass is 234 g/mol. The maximum Gasteiger partial charge on any atom is 0.0363 e. The fraction of sp³-hybridized carbons (Fsp3) is 0.600. The van der Waals surface area contributed by atoms with Crippen LogP contribution in [0.25, 0.3) is 0 Å². The third-order valence-electron chi connectivity index (χ3n) is 3.07. The van der Waals surface area contributed by atoms with E-state index in [1.807, 2.05) is 0 Å². The Labute approximate surface area is 106 Å². The van der Waals surface area contributed by atoms with Gasteiger partial charge in [0.2, 0.25) is 0 Å². The molecule has 0 heterocycles. The summed E-state index contributed by atoms with van der Waals surface area (Å²) in [6, 6.07) is 9.23. The molecule has 0 amide bonds. The van der Waals surface area contributed by atoms with Gasteiger partial charge in [-0.2, -0.15) is 0 Å². The van der Waals surface area contributed by atoms with E-state index in [-0.39, 0.29) is 0 Å². The van der Waals surface area contributed by atoms with Crippen molar-refractivity contribution in [3.8, 4) is 0 Å². The number of hydrogen-bond donors (Lipinski definition) is 1. The largest absolute Gasteiger partial charge is 0.375 e. The van der Waals surface area contributed by atoms with Gasteiger partial charge in [0, 0.05) is 25.3 Å². The van der Waals surface area contributed by atoms with Gasteiger partial charge in [-0.05, 0) is 43.9 Å². The van der Waals surface area contributed by atoms with Gasteiger partial charge in [-0.1, -0.05) is 25.5 Å². The van der Waals surface area contributed by atoms with Gasteiger partial charge in [0.05, 0.1) is 0 Å². The van der Waals surface area contributed by atoms with E-state index in [0.29, 0.717) is 6.04 Å². The summed E-state index contributed by atoms with van der Waals surface area (Å²) in [5.74, 6) is 0. The molecular weight excluding hydrogens is 208 g/mol. The van der Waals surface area contributed by atoms with E-state index in [1.165, 1.54) is 24.1 Å². The summed E-state index contributed by atoms with van der Waals surface area (Å²) in [5.41, 5.74) is 8.48. The van der Waals surface area contributed by atoms with Crippen molar-refractivity contribution in [2.45, 2.75) is 45.6 Å². The molecule has 0 spiro atoms. The van der Waals surface area contributed by atoms with Crippen LogP contribution in [0.5, 0.6) is 0 Å². The molecule has 2 N–H and O–H groups in total. The summed E-state index contributed by atoms with van der Waals surface area (Å²) >= 11 is 0.